The highest BCUT2D eigenvalue weighted by Crippen LogP contribution is 2.11. The largest absolute Gasteiger partial charge is 0.497 e. The van der Waals surface area contributed by atoms with Crippen LogP contribution in [0.2, 0.25) is 0 Å². The quantitative estimate of drug-likeness (QED) is 0.522. The number of ether oxygens (including phenoxy) is 1. The van der Waals surface area contributed by atoms with Gasteiger partial charge < -0.3 is 4.74 Å². The van der Waals surface area contributed by atoms with Gasteiger partial charge in [0.05, 0.1) is 17.4 Å². The van der Waals surface area contributed by atoms with E-state index in [0.717, 1.165) is 11.4 Å². The van der Waals surface area contributed by atoms with Crippen molar-refractivity contribution in [1.29, 1.82) is 0 Å². The van der Waals surface area contributed by atoms with E-state index in [-0.39, 0.29) is 5.54 Å². The topological polar surface area (TPSA) is 136 Å². The zero-order valence-electron chi connectivity index (χ0n) is 12.6. The number of rotatable bonds is 2. The predicted octanol–water partition coefficient (Wildman–Crippen LogP) is -3.44. The maximum Gasteiger partial charge on any atom is 0.291 e. The molecule has 0 radical (unpaired) electrons. The van der Waals surface area contributed by atoms with Crippen LogP contribution in [-0.4, -0.2) is 22.2 Å². The molecule has 122 valence electrons. The first kappa shape index (κ1) is 18.3. The van der Waals surface area contributed by atoms with Crippen LogP contribution >= 0.6 is 0 Å². The van der Waals surface area contributed by atoms with E-state index in [4.69, 9.17) is 23.4 Å². The zero-order chi connectivity index (χ0) is 17.0. The standard InChI is InChI=1S/C12H17N4O.ClHO4/c1-12(2,3)16-13-9-15(14-16)10-5-7-11(17-4)8-6-10;2-1(3,4)5/h5-9H,1-4H3;(H,2,3,4,5)/q+1;/p-1. The minimum atomic E-state index is -4.94. The number of tetrazole rings is 1. The lowest BCUT2D eigenvalue weighted by atomic mass is 10.1. The summed E-state index contributed by atoms with van der Waals surface area (Å²) in [6, 6.07) is 7.69. The van der Waals surface area contributed by atoms with Gasteiger partial charge in [-0.25, -0.2) is 18.6 Å². The summed E-state index contributed by atoms with van der Waals surface area (Å²) in [5.41, 5.74) is 0.846. The van der Waals surface area contributed by atoms with Gasteiger partial charge in [-0.15, -0.1) is 14.9 Å². The fraction of sp³-hybridized carbons (Fsp3) is 0.417. The van der Waals surface area contributed by atoms with Crippen LogP contribution in [0.3, 0.4) is 0 Å². The maximum atomic E-state index is 8.49. The van der Waals surface area contributed by atoms with Gasteiger partial charge in [-0.1, -0.05) is 0 Å². The van der Waals surface area contributed by atoms with Crippen molar-refractivity contribution >= 4 is 0 Å². The number of hydrogen-bond donors (Lipinski definition) is 0. The monoisotopic (exact) mass is 332 g/mol. The molecular weight excluding hydrogens is 316 g/mol. The lowest BCUT2D eigenvalue weighted by Crippen LogP contribution is -2.68. The van der Waals surface area contributed by atoms with E-state index >= 15 is 0 Å². The van der Waals surface area contributed by atoms with Crippen molar-refractivity contribution in [3.63, 3.8) is 0 Å². The van der Waals surface area contributed by atoms with E-state index in [9.17, 15) is 0 Å². The van der Waals surface area contributed by atoms with Crippen molar-refractivity contribution in [1.82, 2.24) is 15.1 Å². The second-order valence-corrected chi connectivity index (χ2v) is 5.96. The van der Waals surface area contributed by atoms with Crippen molar-refractivity contribution in [3.8, 4) is 11.4 Å². The molecule has 1 heterocycles. The lowest BCUT2D eigenvalue weighted by Gasteiger charge is -2.17. The Morgan fingerprint density at radius 2 is 1.59 bits per heavy atom. The summed E-state index contributed by atoms with van der Waals surface area (Å²) in [5, 5.41) is 8.63. The second kappa shape index (κ2) is 6.99. The highest BCUT2D eigenvalue weighted by atomic mass is 35.7. The smallest absolute Gasteiger partial charge is 0.291 e. The van der Waals surface area contributed by atoms with Gasteiger partial charge in [0, 0.05) is 0 Å². The van der Waals surface area contributed by atoms with E-state index < -0.39 is 10.2 Å². The Hall–Kier alpha value is -1.78. The summed E-state index contributed by atoms with van der Waals surface area (Å²) in [7, 11) is -3.29. The van der Waals surface area contributed by atoms with E-state index in [1.54, 1.807) is 22.9 Å². The van der Waals surface area contributed by atoms with Gasteiger partial charge in [0.1, 0.15) is 17.0 Å². The third-order valence-corrected chi connectivity index (χ3v) is 2.39. The highest BCUT2D eigenvalue weighted by Gasteiger charge is 2.24. The molecule has 0 amide bonds. The molecule has 0 aliphatic carbocycles. The van der Waals surface area contributed by atoms with Crippen LogP contribution in [0.15, 0.2) is 30.6 Å². The summed E-state index contributed by atoms with van der Waals surface area (Å²) < 4.78 is 40.8. The highest BCUT2D eigenvalue weighted by molar-refractivity contribution is 5.30. The van der Waals surface area contributed by atoms with Gasteiger partial charge in [-0.05, 0) is 49.8 Å². The maximum absolute atomic E-state index is 8.49. The van der Waals surface area contributed by atoms with Crippen molar-refractivity contribution in [3.05, 3.63) is 30.6 Å². The molecule has 0 bridgehead atoms. The van der Waals surface area contributed by atoms with Crippen LogP contribution in [0.4, 0.5) is 0 Å². The van der Waals surface area contributed by atoms with Crippen molar-refractivity contribution < 1.29 is 38.3 Å². The first-order chi connectivity index (χ1) is 10.0. The number of aromatic nitrogens is 4. The minimum absolute atomic E-state index is 0.113. The lowest BCUT2D eigenvalue weighted by molar-refractivity contribution is -2.00. The van der Waals surface area contributed by atoms with Crippen molar-refractivity contribution in [2.45, 2.75) is 26.3 Å². The van der Waals surface area contributed by atoms with Gasteiger partial charge in [0.15, 0.2) is 0 Å². The summed E-state index contributed by atoms with van der Waals surface area (Å²) in [6.45, 7) is 6.18. The Labute approximate surface area is 129 Å². The molecule has 0 saturated heterocycles. The van der Waals surface area contributed by atoms with Gasteiger partial charge in [-0.3, -0.25) is 0 Å². The summed E-state index contributed by atoms with van der Waals surface area (Å²) >= 11 is 0. The average molecular weight is 333 g/mol. The number of benzene rings is 1. The zero-order valence-corrected chi connectivity index (χ0v) is 13.4. The van der Waals surface area contributed by atoms with E-state index in [2.05, 4.69) is 31.1 Å². The first-order valence-electron chi connectivity index (χ1n) is 6.11. The van der Waals surface area contributed by atoms with Gasteiger partial charge in [-0.2, -0.15) is 0 Å². The molecule has 0 atom stereocenters. The van der Waals surface area contributed by atoms with E-state index in [1.807, 2.05) is 24.3 Å². The molecule has 1 aromatic carbocycles. The van der Waals surface area contributed by atoms with Crippen LogP contribution in [0, 0.1) is 10.2 Å². The molecule has 2 rings (SSSR count). The molecule has 2 aromatic rings. The Morgan fingerprint density at radius 3 is 1.95 bits per heavy atom. The predicted molar refractivity (Wildman–Crippen MR) is 63.1 cm³/mol. The molecule has 0 aliphatic heterocycles. The average Bonchev–Trinajstić information content (AvgIpc) is 2.86. The van der Waals surface area contributed by atoms with Crippen LogP contribution < -0.4 is 28.1 Å². The molecule has 10 heteroatoms. The summed E-state index contributed by atoms with van der Waals surface area (Å²) in [4.78, 5) is 1.69. The molecule has 0 saturated carbocycles. The van der Waals surface area contributed by atoms with Gasteiger partial charge >= 0.3 is 0 Å². The SMILES string of the molecule is COc1ccc(-[n+]2cnn(C(C)(C)C)n2)cc1.[O-][Cl+3]([O-])([O-])[O-]. The number of nitrogens with zero attached hydrogens (tertiary/aromatic N) is 4. The van der Waals surface area contributed by atoms with Gasteiger partial charge in [0.2, 0.25) is 0 Å². The van der Waals surface area contributed by atoms with Crippen molar-refractivity contribution in [2.75, 3.05) is 7.11 Å². The first-order valence-corrected chi connectivity index (χ1v) is 7.35. The molecular formula is C12H17ClN4O5. The molecule has 0 fully saturated rings. The Kier molecular flexibility index (Phi) is 5.80. The number of halogens is 1. The van der Waals surface area contributed by atoms with Crippen LogP contribution in [0.25, 0.3) is 5.69 Å². The summed E-state index contributed by atoms with van der Waals surface area (Å²) in [5.74, 6) is 0.831. The fourth-order valence-electron chi connectivity index (χ4n) is 1.40. The minimum Gasteiger partial charge on any atom is -0.497 e. The third kappa shape index (κ3) is 6.33. The van der Waals surface area contributed by atoms with E-state index in [0.29, 0.717) is 0 Å². The molecule has 0 aliphatic rings. The van der Waals surface area contributed by atoms with Crippen LogP contribution in [-0.2, 0) is 5.54 Å². The number of methoxy groups -OCH3 is 1. The Bertz CT molecular complexity index is 583. The molecule has 9 nitrogen and oxygen atoms in total. The second-order valence-electron chi connectivity index (χ2n) is 5.20. The Morgan fingerprint density at radius 1 is 1.09 bits per heavy atom. The van der Waals surface area contributed by atoms with Gasteiger partial charge in [0.25, 0.3) is 6.33 Å². The molecule has 0 N–H and O–H groups in total. The molecule has 1 aromatic heterocycles. The third-order valence-electron chi connectivity index (χ3n) is 2.39. The summed E-state index contributed by atoms with van der Waals surface area (Å²) in [6.07, 6.45) is 1.70. The van der Waals surface area contributed by atoms with Crippen LogP contribution in [0.5, 0.6) is 5.75 Å². The molecule has 0 spiro atoms. The normalized spacial score (nSPS) is 11.6. The molecule has 0 unspecified atom stereocenters. The van der Waals surface area contributed by atoms with Crippen LogP contribution in [0.1, 0.15) is 20.8 Å². The fourth-order valence-corrected chi connectivity index (χ4v) is 1.40. The Balaban J connectivity index is 0.000000422. The molecule has 22 heavy (non-hydrogen) atoms. The number of hydrogen-bond acceptors (Lipinski definition) is 7. The van der Waals surface area contributed by atoms with Crippen molar-refractivity contribution in [2.24, 2.45) is 0 Å². The van der Waals surface area contributed by atoms with E-state index in [1.165, 1.54) is 0 Å².